The summed E-state index contributed by atoms with van der Waals surface area (Å²) >= 11 is 0. The van der Waals surface area contributed by atoms with Crippen molar-refractivity contribution >= 4 is 11.7 Å². The maximum absolute atomic E-state index is 11.6. The summed E-state index contributed by atoms with van der Waals surface area (Å²) < 4.78 is 0. The van der Waals surface area contributed by atoms with Gasteiger partial charge >= 0.3 is 6.03 Å². The standard InChI is InChI=1S/C19H15N3O/c23-19-20-12-17-16(22-19)11-15(13-7-3-1-4-8-13)18(21-17)14-9-5-2-6-10-14/h1-11H,12H2,(H2,20,22,23). The molecule has 0 atom stereocenters. The SMILES string of the molecule is O=C1NCc2nc(-c3ccccc3)c(-c3ccccc3)cc2N1. The number of carbonyl (C=O) groups is 1. The van der Waals surface area contributed by atoms with E-state index >= 15 is 0 Å². The Kier molecular flexibility index (Phi) is 3.27. The predicted molar refractivity (Wildman–Crippen MR) is 91.0 cm³/mol. The lowest BCUT2D eigenvalue weighted by Gasteiger charge is -2.20. The van der Waals surface area contributed by atoms with Crippen molar-refractivity contribution in [2.45, 2.75) is 6.54 Å². The first-order chi connectivity index (χ1) is 11.3. The summed E-state index contributed by atoms with van der Waals surface area (Å²) in [6.07, 6.45) is 0. The fourth-order valence-electron chi connectivity index (χ4n) is 2.78. The molecule has 1 aliphatic rings. The summed E-state index contributed by atoms with van der Waals surface area (Å²) in [4.78, 5) is 16.4. The zero-order valence-corrected chi connectivity index (χ0v) is 12.4. The van der Waals surface area contributed by atoms with Gasteiger partial charge in [0.05, 0.1) is 23.6 Å². The van der Waals surface area contributed by atoms with Crippen molar-refractivity contribution < 1.29 is 4.79 Å². The topological polar surface area (TPSA) is 54.0 Å². The third-order valence-corrected chi connectivity index (χ3v) is 3.90. The summed E-state index contributed by atoms with van der Waals surface area (Å²) in [5, 5.41) is 5.60. The highest BCUT2D eigenvalue weighted by molar-refractivity contribution is 5.94. The van der Waals surface area contributed by atoms with E-state index in [2.05, 4.69) is 34.9 Å². The number of nitrogens with one attached hydrogen (secondary N) is 2. The number of carbonyl (C=O) groups excluding carboxylic acids is 1. The Bertz CT molecular complexity index is 861. The monoisotopic (exact) mass is 301 g/mol. The Morgan fingerprint density at radius 3 is 2.22 bits per heavy atom. The first-order valence-corrected chi connectivity index (χ1v) is 7.51. The number of aromatic nitrogens is 1. The zero-order valence-electron chi connectivity index (χ0n) is 12.4. The second-order valence-electron chi connectivity index (χ2n) is 5.42. The lowest BCUT2D eigenvalue weighted by atomic mass is 9.98. The van der Waals surface area contributed by atoms with E-state index in [0.29, 0.717) is 6.54 Å². The van der Waals surface area contributed by atoms with Crippen molar-refractivity contribution in [3.05, 3.63) is 72.4 Å². The predicted octanol–water partition coefficient (Wildman–Crippen LogP) is 4.05. The van der Waals surface area contributed by atoms with Crippen LogP contribution in [0.4, 0.5) is 10.5 Å². The Morgan fingerprint density at radius 1 is 0.870 bits per heavy atom. The van der Waals surface area contributed by atoms with Gasteiger partial charge in [0.15, 0.2) is 0 Å². The fourth-order valence-corrected chi connectivity index (χ4v) is 2.78. The third-order valence-electron chi connectivity index (χ3n) is 3.90. The molecule has 0 fully saturated rings. The molecule has 23 heavy (non-hydrogen) atoms. The van der Waals surface area contributed by atoms with Crippen LogP contribution < -0.4 is 10.6 Å². The van der Waals surface area contributed by atoms with Crippen molar-refractivity contribution in [1.29, 1.82) is 0 Å². The number of urea groups is 1. The Balaban J connectivity index is 1.95. The lowest BCUT2D eigenvalue weighted by molar-refractivity contribution is 0.250. The van der Waals surface area contributed by atoms with Crippen LogP contribution in [0.25, 0.3) is 22.4 Å². The Labute approximate surface area is 134 Å². The van der Waals surface area contributed by atoms with Gasteiger partial charge in [-0.1, -0.05) is 60.7 Å². The number of pyridine rings is 1. The largest absolute Gasteiger partial charge is 0.332 e. The zero-order chi connectivity index (χ0) is 15.6. The second kappa shape index (κ2) is 5.57. The molecule has 0 saturated heterocycles. The molecule has 2 aromatic carbocycles. The molecular weight excluding hydrogens is 286 g/mol. The molecule has 2 amide bonds. The highest BCUT2D eigenvalue weighted by Gasteiger charge is 2.19. The summed E-state index contributed by atoms with van der Waals surface area (Å²) in [5.74, 6) is 0. The number of rotatable bonds is 2. The van der Waals surface area contributed by atoms with Gasteiger partial charge in [-0.25, -0.2) is 9.78 Å². The highest BCUT2D eigenvalue weighted by atomic mass is 16.2. The van der Waals surface area contributed by atoms with E-state index in [4.69, 9.17) is 4.98 Å². The molecule has 0 unspecified atom stereocenters. The number of nitrogens with zero attached hydrogens (tertiary/aromatic N) is 1. The van der Waals surface area contributed by atoms with E-state index in [1.807, 2.05) is 42.5 Å². The first kappa shape index (κ1) is 13.5. The number of fused-ring (bicyclic) bond motifs is 1. The molecule has 1 aromatic heterocycles. The van der Waals surface area contributed by atoms with E-state index in [0.717, 1.165) is 33.8 Å². The van der Waals surface area contributed by atoms with Crippen molar-refractivity contribution in [1.82, 2.24) is 10.3 Å². The normalized spacial score (nSPS) is 13.0. The molecule has 0 aliphatic carbocycles. The maximum atomic E-state index is 11.6. The molecule has 4 nitrogen and oxygen atoms in total. The third kappa shape index (κ3) is 2.55. The minimum atomic E-state index is -0.189. The Hall–Kier alpha value is -3.14. The highest BCUT2D eigenvalue weighted by Crippen LogP contribution is 2.34. The molecule has 1 aliphatic heterocycles. The van der Waals surface area contributed by atoms with Crippen molar-refractivity contribution in [2.24, 2.45) is 0 Å². The van der Waals surface area contributed by atoms with Gasteiger partial charge in [0.2, 0.25) is 0 Å². The lowest BCUT2D eigenvalue weighted by Crippen LogP contribution is -2.34. The summed E-state index contributed by atoms with van der Waals surface area (Å²) in [6.45, 7) is 0.441. The van der Waals surface area contributed by atoms with Gasteiger partial charge in [-0.2, -0.15) is 0 Å². The van der Waals surface area contributed by atoms with E-state index in [1.54, 1.807) is 0 Å². The molecule has 2 N–H and O–H groups in total. The Morgan fingerprint density at radius 2 is 1.52 bits per heavy atom. The number of amides is 2. The van der Waals surface area contributed by atoms with Crippen LogP contribution in [0, 0.1) is 0 Å². The molecule has 0 bridgehead atoms. The molecule has 0 spiro atoms. The van der Waals surface area contributed by atoms with Crippen LogP contribution in [0.15, 0.2) is 66.7 Å². The van der Waals surface area contributed by atoms with Gasteiger partial charge in [-0.05, 0) is 11.6 Å². The van der Waals surface area contributed by atoms with Crippen molar-refractivity contribution in [3.63, 3.8) is 0 Å². The van der Waals surface area contributed by atoms with Crippen molar-refractivity contribution in [3.8, 4) is 22.4 Å². The van der Waals surface area contributed by atoms with Crippen LogP contribution in [-0.4, -0.2) is 11.0 Å². The second-order valence-corrected chi connectivity index (χ2v) is 5.42. The average molecular weight is 301 g/mol. The maximum Gasteiger partial charge on any atom is 0.319 e. The fraction of sp³-hybridized carbons (Fsp3) is 0.0526. The molecule has 2 heterocycles. The van der Waals surface area contributed by atoms with Gasteiger partial charge in [0.25, 0.3) is 0 Å². The molecule has 4 heteroatoms. The van der Waals surface area contributed by atoms with Crippen LogP contribution >= 0.6 is 0 Å². The number of anilines is 1. The van der Waals surface area contributed by atoms with Crippen LogP contribution in [-0.2, 0) is 6.54 Å². The van der Waals surface area contributed by atoms with E-state index in [-0.39, 0.29) is 6.03 Å². The van der Waals surface area contributed by atoms with Gasteiger partial charge in [0, 0.05) is 11.1 Å². The molecule has 3 aromatic rings. The van der Waals surface area contributed by atoms with Crippen LogP contribution in [0.2, 0.25) is 0 Å². The molecule has 0 saturated carbocycles. The van der Waals surface area contributed by atoms with Gasteiger partial charge < -0.3 is 10.6 Å². The number of hydrogen-bond acceptors (Lipinski definition) is 2. The number of hydrogen-bond donors (Lipinski definition) is 2. The smallest absolute Gasteiger partial charge is 0.319 e. The summed E-state index contributed by atoms with van der Waals surface area (Å²) in [5.41, 5.74) is 5.70. The first-order valence-electron chi connectivity index (χ1n) is 7.51. The molecular formula is C19H15N3O. The minimum absolute atomic E-state index is 0.189. The summed E-state index contributed by atoms with van der Waals surface area (Å²) in [7, 11) is 0. The van der Waals surface area contributed by atoms with E-state index in [9.17, 15) is 4.79 Å². The molecule has 112 valence electrons. The van der Waals surface area contributed by atoms with E-state index < -0.39 is 0 Å². The quantitative estimate of drug-likeness (QED) is 0.750. The van der Waals surface area contributed by atoms with Gasteiger partial charge in [-0.15, -0.1) is 0 Å². The average Bonchev–Trinajstić information content (AvgIpc) is 2.62. The van der Waals surface area contributed by atoms with Gasteiger partial charge in [-0.3, -0.25) is 0 Å². The van der Waals surface area contributed by atoms with Crippen LogP contribution in [0.5, 0.6) is 0 Å². The summed E-state index contributed by atoms with van der Waals surface area (Å²) in [6, 6.07) is 22.0. The van der Waals surface area contributed by atoms with Crippen LogP contribution in [0.1, 0.15) is 5.69 Å². The van der Waals surface area contributed by atoms with Crippen molar-refractivity contribution in [2.75, 3.05) is 5.32 Å². The van der Waals surface area contributed by atoms with E-state index in [1.165, 1.54) is 0 Å². The molecule has 0 radical (unpaired) electrons. The number of benzene rings is 2. The van der Waals surface area contributed by atoms with Gasteiger partial charge in [0.1, 0.15) is 0 Å². The minimum Gasteiger partial charge on any atom is -0.332 e. The van der Waals surface area contributed by atoms with Crippen LogP contribution in [0.3, 0.4) is 0 Å². The molecule has 4 rings (SSSR count).